The number of anilines is 2. The molecular weight excluding hydrogens is 305 g/mol. The van der Waals surface area contributed by atoms with Gasteiger partial charge in [0.1, 0.15) is 16.7 Å². The lowest BCUT2D eigenvalue weighted by molar-refractivity contribution is 0.415. The first-order valence-electron chi connectivity index (χ1n) is 5.31. The molecule has 0 amide bonds. The molecule has 2 aromatic rings. The molecule has 0 aliphatic rings. The standard InChI is InChI=1S/C12H11Cl2N3OS/c1-18-7-3-4-8(13)9(5-7)15-11-6-10(14)16-12(17-11)19-2/h3-6H,1-2H3,(H,15,16,17). The zero-order valence-corrected chi connectivity index (χ0v) is 12.6. The Morgan fingerprint density at radius 1 is 1.21 bits per heavy atom. The lowest BCUT2D eigenvalue weighted by atomic mass is 10.3. The van der Waals surface area contributed by atoms with E-state index in [1.807, 2.05) is 6.26 Å². The zero-order valence-electron chi connectivity index (χ0n) is 10.3. The lowest BCUT2D eigenvalue weighted by Crippen LogP contribution is -1.97. The van der Waals surface area contributed by atoms with E-state index in [0.29, 0.717) is 32.6 Å². The van der Waals surface area contributed by atoms with Crippen LogP contribution in [-0.2, 0) is 0 Å². The second-order valence-corrected chi connectivity index (χ2v) is 5.10. The maximum Gasteiger partial charge on any atom is 0.190 e. The van der Waals surface area contributed by atoms with Crippen LogP contribution in [0.25, 0.3) is 0 Å². The minimum Gasteiger partial charge on any atom is -0.497 e. The molecule has 0 aliphatic carbocycles. The van der Waals surface area contributed by atoms with Gasteiger partial charge < -0.3 is 10.1 Å². The maximum absolute atomic E-state index is 6.12. The molecule has 1 aromatic carbocycles. The molecule has 1 aromatic heterocycles. The molecule has 0 saturated heterocycles. The molecule has 0 spiro atoms. The SMILES string of the molecule is COc1ccc(Cl)c(Nc2cc(Cl)nc(SC)n2)c1. The van der Waals surface area contributed by atoms with E-state index < -0.39 is 0 Å². The number of aromatic nitrogens is 2. The van der Waals surface area contributed by atoms with E-state index in [-0.39, 0.29) is 0 Å². The molecule has 4 nitrogen and oxygen atoms in total. The highest BCUT2D eigenvalue weighted by Gasteiger charge is 2.06. The van der Waals surface area contributed by atoms with Gasteiger partial charge in [0.15, 0.2) is 5.16 Å². The van der Waals surface area contributed by atoms with Crippen LogP contribution in [0.4, 0.5) is 11.5 Å². The summed E-state index contributed by atoms with van der Waals surface area (Å²) in [5.41, 5.74) is 0.697. The first-order valence-corrected chi connectivity index (χ1v) is 7.29. The topological polar surface area (TPSA) is 47.0 Å². The van der Waals surface area contributed by atoms with Crippen molar-refractivity contribution in [1.29, 1.82) is 0 Å². The minimum absolute atomic E-state index is 0.376. The highest BCUT2D eigenvalue weighted by atomic mass is 35.5. The number of hydrogen-bond acceptors (Lipinski definition) is 5. The summed E-state index contributed by atoms with van der Waals surface area (Å²) in [4.78, 5) is 8.37. The van der Waals surface area contributed by atoms with Gasteiger partial charge in [-0.05, 0) is 18.4 Å². The summed E-state index contributed by atoms with van der Waals surface area (Å²) in [6, 6.07) is 6.96. The summed E-state index contributed by atoms with van der Waals surface area (Å²) in [5.74, 6) is 1.29. The second kappa shape index (κ2) is 6.32. The second-order valence-electron chi connectivity index (χ2n) is 3.53. The average molecular weight is 316 g/mol. The van der Waals surface area contributed by atoms with Crippen molar-refractivity contribution in [3.63, 3.8) is 0 Å². The van der Waals surface area contributed by atoms with E-state index in [1.54, 1.807) is 31.4 Å². The number of ether oxygens (including phenoxy) is 1. The molecule has 0 aliphatic heterocycles. The number of benzene rings is 1. The molecule has 19 heavy (non-hydrogen) atoms. The van der Waals surface area contributed by atoms with Gasteiger partial charge >= 0.3 is 0 Å². The van der Waals surface area contributed by atoms with Crippen LogP contribution in [0.15, 0.2) is 29.4 Å². The third kappa shape index (κ3) is 3.65. The predicted octanol–water partition coefficient (Wildman–Crippen LogP) is 4.26. The Morgan fingerprint density at radius 3 is 2.68 bits per heavy atom. The summed E-state index contributed by atoms with van der Waals surface area (Å²) >= 11 is 13.5. The van der Waals surface area contributed by atoms with Crippen LogP contribution in [0.5, 0.6) is 5.75 Å². The Morgan fingerprint density at radius 2 is 2.00 bits per heavy atom. The molecular formula is C12H11Cl2N3OS. The molecule has 0 unspecified atom stereocenters. The Bertz CT molecular complexity index is 595. The zero-order chi connectivity index (χ0) is 13.8. The number of nitrogens with one attached hydrogen (secondary N) is 1. The number of methoxy groups -OCH3 is 1. The number of nitrogens with zero attached hydrogens (tertiary/aromatic N) is 2. The van der Waals surface area contributed by atoms with Crippen molar-refractivity contribution in [2.45, 2.75) is 5.16 Å². The van der Waals surface area contributed by atoms with E-state index in [4.69, 9.17) is 27.9 Å². The normalized spacial score (nSPS) is 10.3. The highest BCUT2D eigenvalue weighted by Crippen LogP contribution is 2.29. The molecule has 2 rings (SSSR count). The Labute approximate surface area is 125 Å². The number of thioether (sulfide) groups is 1. The van der Waals surface area contributed by atoms with Crippen molar-refractivity contribution in [2.24, 2.45) is 0 Å². The third-order valence-corrected chi connectivity index (χ3v) is 3.36. The molecule has 0 fully saturated rings. The Kier molecular flexibility index (Phi) is 4.74. The summed E-state index contributed by atoms with van der Waals surface area (Å²) in [5, 5.41) is 4.64. The van der Waals surface area contributed by atoms with Gasteiger partial charge in [0, 0.05) is 12.1 Å². The van der Waals surface area contributed by atoms with Crippen LogP contribution in [0.2, 0.25) is 10.2 Å². The number of hydrogen-bond donors (Lipinski definition) is 1. The fourth-order valence-electron chi connectivity index (χ4n) is 1.42. The summed E-state index contributed by atoms with van der Waals surface area (Å²) in [6.07, 6.45) is 1.88. The summed E-state index contributed by atoms with van der Waals surface area (Å²) < 4.78 is 5.15. The Balaban J connectivity index is 2.32. The molecule has 7 heteroatoms. The quantitative estimate of drug-likeness (QED) is 0.519. The fourth-order valence-corrected chi connectivity index (χ4v) is 2.19. The van der Waals surface area contributed by atoms with Gasteiger partial charge in [0.25, 0.3) is 0 Å². The number of halogens is 2. The molecule has 0 radical (unpaired) electrons. The van der Waals surface area contributed by atoms with Crippen molar-refractivity contribution >= 4 is 46.5 Å². The van der Waals surface area contributed by atoms with Crippen molar-refractivity contribution < 1.29 is 4.74 Å². The predicted molar refractivity (Wildman–Crippen MR) is 80.1 cm³/mol. The molecule has 0 atom stereocenters. The molecule has 1 N–H and O–H groups in total. The Hall–Kier alpha value is -1.17. The summed E-state index contributed by atoms with van der Waals surface area (Å²) in [7, 11) is 1.60. The maximum atomic E-state index is 6.12. The molecule has 100 valence electrons. The summed E-state index contributed by atoms with van der Waals surface area (Å²) in [6.45, 7) is 0. The average Bonchev–Trinajstić information content (AvgIpc) is 2.40. The van der Waals surface area contributed by atoms with Crippen molar-refractivity contribution in [1.82, 2.24) is 9.97 Å². The monoisotopic (exact) mass is 315 g/mol. The first kappa shape index (κ1) is 14.2. The minimum atomic E-state index is 0.376. The van der Waals surface area contributed by atoms with Crippen molar-refractivity contribution in [2.75, 3.05) is 18.7 Å². The fraction of sp³-hybridized carbons (Fsp3) is 0.167. The van der Waals surface area contributed by atoms with E-state index in [0.717, 1.165) is 0 Å². The van der Waals surface area contributed by atoms with E-state index in [9.17, 15) is 0 Å². The highest BCUT2D eigenvalue weighted by molar-refractivity contribution is 7.98. The van der Waals surface area contributed by atoms with Gasteiger partial charge in [0.2, 0.25) is 0 Å². The van der Waals surface area contributed by atoms with Crippen molar-refractivity contribution in [3.05, 3.63) is 34.4 Å². The van der Waals surface area contributed by atoms with E-state index in [2.05, 4.69) is 15.3 Å². The van der Waals surface area contributed by atoms with Crippen LogP contribution in [0, 0.1) is 0 Å². The van der Waals surface area contributed by atoms with Gasteiger partial charge in [-0.1, -0.05) is 35.0 Å². The van der Waals surface area contributed by atoms with E-state index >= 15 is 0 Å². The van der Waals surface area contributed by atoms with Gasteiger partial charge in [-0.15, -0.1) is 0 Å². The largest absolute Gasteiger partial charge is 0.497 e. The van der Waals surface area contributed by atoms with Crippen LogP contribution in [0.1, 0.15) is 0 Å². The third-order valence-electron chi connectivity index (χ3n) is 2.29. The van der Waals surface area contributed by atoms with Gasteiger partial charge in [0.05, 0.1) is 17.8 Å². The van der Waals surface area contributed by atoms with Gasteiger partial charge in [-0.25, -0.2) is 9.97 Å². The van der Waals surface area contributed by atoms with Crippen molar-refractivity contribution in [3.8, 4) is 5.75 Å². The van der Waals surface area contributed by atoms with Gasteiger partial charge in [-0.3, -0.25) is 0 Å². The molecule has 1 heterocycles. The number of rotatable bonds is 4. The van der Waals surface area contributed by atoms with Crippen LogP contribution in [0.3, 0.4) is 0 Å². The molecule has 0 saturated carbocycles. The smallest absolute Gasteiger partial charge is 0.190 e. The van der Waals surface area contributed by atoms with E-state index in [1.165, 1.54) is 11.8 Å². The van der Waals surface area contributed by atoms with Gasteiger partial charge in [-0.2, -0.15) is 0 Å². The lowest BCUT2D eigenvalue weighted by Gasteiger charge is -2.10. The van der Waals surface area contributed by atoms with Crippen LogP contribution >= 0.6 is 35.0 Å². The molecule has 0 bridgehead atoms. The van der Waals surface area contributed by atoms with Crippen LogP contribution < -0.4 is 10.1 Å². The first-order chi connectivity index (χ1) is 9.12. The van der Waals surface area contributed by atoms with Crippen LogP contribution in [-0.4, -0.2) is 23.3 Å².